The van der Waals surface area contributed by atoms with Gasteiger partial charge in [-0.05, 0) is 73.0 Å². The summed E-state index contributed by atoms with van der Waals surface area (Å²) in [4.78, 5) is 35.7. The molecular weight excluding hydrogens is 410 g/mol. The largest absolute Gasteiger partial charge is 0.465 e. The Labute approximate surface area is 184 Å². The highest BCUT2D eigenvalue weighted by molar-refractivity contribution is 7.22. The van der Waals surface area contributed by atoms with Crippen molar-refractivity contribution in [3.8, 4) is 0 Å². The van der Waals surface area contributed by atoms with E-state index in [4.69, 9.17) is 9.72 Å². The molecule has 6 nitrogen and oxygen atoms in total. The fourth-order valence-corrected chi connectivity index (χ4v) is 4.25. The zero-order valence-electron chi connectivity index (χ0n) is 17.5. The van der Waals surface area contributed by atoms with Crippen LogP contribution in [0, 0.1) is 13.8 Å². The van der Waals surface area contributed by atoms with E-state index >= 15 is 0 Å². The van der Waals surface area contributed by atoms with Gasteiger partial charge in [-0.15, -0.1) is 0 Å². The Kier molecular flexibility index (Phi) is 5.77. The van der Waals surface area contributed by atoms with Gasteiger partial charge in [0.1, 0.15) is 0 Å². The molecule has 0 aliphatic carbocycles. The van der Waals surface area contributed by atoms with E-state index in [1.807, 2.05) is 18.2 Å². The van der Waals surface area contributed by atoms with Crippen molar-refractivity contribution in [2.75, 3.05) is 12.0 Å². The third-order valence-electron chi connectivity index (χ3n) is 5.09. The number of rotatable bonds is 5. The van der Waals surface area contributed by atoms with Crippen molar-refractivity contribution in [3.05, 3.63) is 88.7 Å². The third kappa shape index (κ3) is 4.32. The summed E-state index contributed by atoms with van der Waals surface area (Å²) in [7, 11) is 1.33. The van der Waals surface area contributed by atoms with Gasteiger partial charge in [-0.25, -0.2) is 9.78 Å². The molecule has 4 rings (SSSR count). The van der Waals surface area contributed by atoms with Crippen LogP contribution < -0.4 is 4.90 Å². The van der Waals surface area contributed by atoms with Crippen molar-refractivity contribution in [2.45, 2.75) is 20.4 Å². The predicted molar refractivity (Wildman–Crippen MR) is 122 cm³/mol. The predicted octanol–water partition coefficient (Wildman–Crippen LogP) is 4.94. The number of aryl methyl sites for hydroxylation is 2. The molecule has 0 saturated heterocycles. The molecule has 4 aromatic rings. The van der Waals surface area contributed by atoms with Gasteiger partial charge in [-0.2, -0.15) is 0 Å². The topological polar surface area (TPSA) is 72.4 Å². The third-order valence-corrected chi connectivity index (χ3v) is 6.13. The van der Waals surface area contributed by atoms with Crippen molar-refractivity contribution >= 4 is 38.6 Å². The number of thiazole rings is 1. The molecule has 0 atom stereocenters. The minimum absolute atomic E-state index is 0.201. The Balaban J connectivity index is 1.74. The first-order valence-electron chi connectivity index (χ1n) is 9.73. The van der Waals surface area contributed by atoms with E-state index in [9.17, 15) is 9.59 Å². The average Bonchev–Trinajstić information content (AvgIpc) is 3.19. The first kappa shape index (κ1) is 20.7. The Morgan fingerprint density at radius 1 is 1.03 bits per heavy atom. The van der Waals surface area contributed by atoms with Crippen LogP contribution >= 0.6 is 11.3 Å². The SMILES string of the molecule is COC(=O)c1ccc(C(=O)N(Cc2cccnc2)c2nc3cc(C)c(C)cc3s2)cc1. The maximum absolute atomic E-state index is 13.5. The molecule has 0 unspecified atom stereocenters. The molecule has 0 aliphatic heterocycles. The summed E-state index contributed by atoms with van der Waals surface area (Å²) in [6.07, 6.45) is 3.44. The number of hydrogen-bond acceptors (Lipinski definition) is 6. The number of nitrogens with zero attached hydrogens (tertiary/aromatic N) is 3. The number of fused-ring (bicyclic) bond motifs is 1. The molecule has 2 aromatic carbocycles. The second kappa shape index (κ2) is 8.65. The lowest BCUT2D eigenvalue weighted by Gasteiger charge is -2.20. The molecule has 7 heteroatoms. The lowest BCUT2D eigenvalue weighted by atomic mass is 10.1. The maximum Gasteiger partial charge on any atom is 0.337 e. The van der Waals surface area contributed by atoms with E-state index < -0.39 is 5.97 Å². The summed E-state index contributed by atoms with van der Waals surface area (Å²) in [5, 5.41) is 0.617. The van der Waals surface area contributed by atoms with Gasteiger partial charge in [0.25, 0.3) is 5.91 Å². The Morgan fingerprint density at radius 2 is 1.74 bits per heavy atom. The van der Waals surface area contributed by atoms with Crippen LogP contribution in [0.25, 0.3) is 10.2 Å². The molecule has 0 fully saturated rings. The number of ether oxygens (including phenoxy) is 1. The van der Waals surface area contributed by atoms with E-state index in [1.165, 1.54) is 24.0 Å². The number of benzene rings is 2. The standard InChI is InChI=1S/C24H21N3O3S/c1-15-11-20-21(12-16(15)2)31-24(26-20)27(14-17-5-4-10-25-13-17)22(28)18-6-8-19(9-7-18)23(29)30-3/h4-13H,14H2,1-3H3. The smallest absolute Gasteiger partial charge is 0.337 e. The Morgan fingerprint density at radius 3 is 2.42 bits per heavy atom. The Bertz CT molecular complexity index is 1210. The zero-order chi connectivity index (χ0) is 22.0. The van der Waals surface area contributed by atoms with Crippen molar-refractivity contribution in [1.82, 2.24) is 9.97 Å². The molecule has 31 heavy (non-hydrogen) atoms. The number of anilines is 1. The van der Waals surface area contributed by atoms with Gasteiger partial charge in [0, 0.05) is 18.0 Å². The monoisotopic (exact) mass is 431 g/mol. The Hall–Kier alpha value is -3.58. The number of carbonyl (C=O) groups is 2. The van der Waals surface area contributed by atoms with Crippen LogP contribution in [0.3, 0.4) is 0 Å². The quantitative estimate of drug-likeness (QED) is 0.419. The van der Waals surface area contributed by atoms with Crippen molar-refractivity contribution in [1.29, 1.82) is 0 Å². The molecule has 2 aromatic heterocycles. The minimum atomic E-state index is -0.442. The summed E-state index contributed by atoms with van der Waals surface area (Å²) >= 11 is 1.48. The molecule has 0 saturated carbocycles. The fourth-order valence-electron chi connectivity index (χ4n) is 3.21. The van der Waals surface area contributed by atoms with E-state index in [0.717, 1.165) is 21.3 Å². The maximum atomic E-state index is 13.5. The van der Waals surface area contributed by atoms with Crippen LogP contribution in [0.4, 0.5) is 5.13 Å². The summed E-state index contributed by atoms with van der Waals surface area (Å²) in [6.45, 7) is 4.45. The highest BCUT2D eigenvalue weighted by Gasteiger charge is 2.22. The number of methoxy groups -OCH3 is 1. The van der Waals surface area contributed by atoms with Crippen LogP contribution in [0.5, 0.6) is 0 Å². The number of hydrogen-bond donors (Lipinski definition) is 0. The van der Waals surface area contributed by atoms with Gasteiger partial charge in [-0.3, -0.25) is 14.7 Å². The minimum Gasteiger partial charge on any atom is -0.465 e. The van der Waals surface area contributed by atoms with Gasteiger partial charge < -0.3 is 4.74 Å². The molecule has 156 valence electrons. The summed E-state index contributed by atoms with van der Waals surface area (Å²) in [5.74, 6) is -0.643. The summed E-state index contributed by atoms with van der Waals surface area (Å²) < 4.78 is 5.77. The average molecular weight is 432 g/mol. The van der Waals surface area contributed by atoms with Crippen LogP contribution in [-0.2, 0) is 11.3 Å². The fraction of sp³-hybridized carbons (Fsp3) is 0.167. The van der Waals surface area contributed by atoms with Gasteiger partial charge >= 0.3 is 5.97 Å². The summed E-state index contributed by atoms with van der Waals surface area (Å²) in [5.41, 5.74) is 4.97. The first-order chi connectivity index (χ1) is 15.0. The van der Waals surface area contributed by atoms with Crippen LogP contribution in [0.2, 0.25) is 0 Å². The van der Waals surface area contributed by atoms with Crippen molar-refractivity contribution in [3.63, 3.8) is 0 Å². The van der Waals surface area contributed by atoms with Gasteiger partial charge in [0.15, 0.2) is 5.13 Å². The van der Waals surface area contributed by atoms with Crippen LogP contribution in [0.1, 0.15) is 37.4 Å². The van der Waals surface area contributed by atoms with Crippen molar-refractivity contribution in [2.24, 2.45) is 0 Å². The van der Waals surface area contributed by atoms with E-state index in [1.54, 1.807) is 41.6 Å². The lowest BCUT2D eigenvalue weighted by Crippen LogP contribution is -2.30. The van der Waals surface area contributed by atoms with E-state index in [2.05, 4.69) is 24.9 Å². The second-order valence-electron chi connectivity index (χ2n) is 7.22. The molecule has 0 aliphatic rings. The second-order valence-corrected chi connectivity index (χ2v) is 8.23. The highest BCUT2D eigenvalue weighted by atomic mass is 32.1. The van der Waals surface area contributed by atoms with E-state index in [0.29, 0.717) is 22.8 Å². The lowest BCUT2D eigenvalue weighted by molar-refractivity contribution is 0.0600. The number of esters is 1. The molecular formula is C24H21N3O3S. The molecule has 2 heterocycles. The summed E-state index contributed by atoms with van der Waals surface area (Å²) in [6, 6.07) is 14.4. The van der Waals surface area contributed by atoms with Gasteiger partial charge in [-0.1, -0.05) is 17.4 Å². The number of carbonyl (C=O) groups excluding carboxylic acids is 2. The molecule has 0 spiro atoms. The highest BCUT2D eigenvalue weighted by Crippen LogP contribution is 2.32. The number of aromatic nitrogens is 2. The van der Waals surface area contributed by atoms with Crippen molar-refractivity contribution < 1.29 is 14.3 Å². The normalized spacial score (nSPS) is 10.8. The molecule has 0 bridgehead atoms. The first-order valence-corrected chi connectivity index (χ1v) is 10.5. The van der Waals surface area contributed by atoms with Crippen LogP contribution in [-0.4, -0.2) is 29.0 Å². The number of amides is 1. The molecule has 1 amide bonds. The van der Waals surface area contributed by atoms with Crippen LogP contribution in [0.15, 0.2) is 60.9 Å². The van der Waals surface area contributed by atoms with Gasteiger partial charge in [0.05, 0.1) is 29.4 Å². The number of pyridine rings is 1. The zero-order valence-corrected chi connectivity index (χ0v) is 18.3. The van der Waals surface area contributed by atoms with Gasteiger partial charge in [0.2, 0.25) is 0 Å². The van der Waals surface area contributed by atoms with E-state index in [-0.39, 0.29) is 5.91 Å². The molecule has 0 radical (unpaired) electrons. The molecule has 0 N–H and O–H groups in total.